The Labute approximate surface area is 98.8 Å². The summed E-state index contributed by atoms with van der Waals surface area (Å²) in [7, 11) is 0. The summed E-state index contributed by atoms with van der Waals surface area (Å²) < 4.78 is 0. The Kier molecular flexibility index (Phi) is 4.78. The van der Waals surface area contributed by atoms with E-state index in [0.29, 0.717) is 6.04 Å². The molecule has 1 aliphatic rings. The van der Waals surface area contributed by atoms with Crippen molar-refractivity contribution in [3.63, 3.8) is 0 Å². The zero-order chi connectivity index (χ0) is 12.3. The highest BCUT2D eigenvalue weighted by molar-refractivity contribution is 5.67. The standard InChI is InChI=1S/C13H25NO2/c1-5-14(10(4)6-13(15)16)12-7-11(8-12)9(2)3/h9-12H,5-8H2,1-4H3,(H,15,16). The molecule has 0 saturated heterocycles. The molecule has 0 radical (unpaired) electrons. The van der Waals surface area contributed by atoms with Crippen LogP contribution in [0.25, 0.3) is 0 Å². The zero-order valence-electron chi connectivity index (χ0n) is 10.9. The summed E-state index contributed by atoms with van der Waals surface area (Å²) in [6, 6.07) is 0.785. The summed E-state index contributed by atoms with van der Waals surface area (Å²) in [6.07, 6.45) is 2.75. The predicted octanol–water partition coefficient (Wildman–Crippen LogP) is 2.61. The molecular weight excluding hydrogens is 202 g/mol. The average molecular weight is 227 g/mol. The molecule has 94 valence electrons. The van der Waals surface area contributed by atoms with E-state index in [0.717, 1.165) is 18.4 Å². The van der Waals surface area contributed by atoms with E-state index in [1.807, 2.05) is 6.92 Å². The fourth-order valence-electron chi connectivity index (χ4n) is 2.74. The van der Waals surface area contributed by atoms with Gasteiger partial charge in [0.2, 0.25) is 0 Å². The molecule has 1 N–H and O–H groups in total. The van der Waals surface area contributed by atoms with Crippen LogP contribution in [-0.4, -0.2) is 34.6 Å². The van der Waals surface area contributed by atoms with E-state index < -0.39 is 5.97 Å². The monoisotopic (exact) mass is 227 g/mol. The topological polar surface area (TPSA) is 40.5 Å². The van der Waals surface area contributed by atoms with Crippen molar-refractivity contribution in [1.29, 1.82) is 0 Å². The van der Waals surface area contributed by atoms with Crippen molar-refractivity contribution in [2.45, 2.75) is 59.0 Å². The Hall–Kier alpha value is -0.570. The maximum Gasteiger partial charge on any atom is 0.304 e. The summed E-state index contributed by atoms with van der Waals surface area (Å²) >= 11 is 0. The van der Waals surface area contributed by atoms with Gasteiger partial charge in [0.25, 0.3) is 0 Å². The maximum atomic E-state index is 10.7. The van der Waals surface area contributed by atoms with Gasteiger partial charge >= 0.3 is 5.97 Å². The van der Waals surface area contributed by atoms with Gasteiger partial charge in [0, 0.05) is 12.1 Å². The van der Waals surface area contributed by atoms with Crippen LogP contribution < -0.4 is 0 Å². The fraction of sp³-hybridized carbons (Fsp3) is 0.923. The van der Waals surface area contributed by atoms with Gasteiger partial charge in [0.05, 0.1) is 6.42 Å². The molecule has 1 rings (SSSR count). The van der Waals surface area contributed by atoms with Gasteiger partial charge < -0.3 is 5.11 Å². The van der Waals surface area contributed by atoms with Gasteiger partial charge in [0.15, 0.2) is 0 Å². The maximum absolute atomic E-state index is 10.7. The van der Waals surface area contributed by atoms with Crippen LogP contribution in [0.5, 0.6) is 0 Å². The van der Waals surface area contributed by atoms with Crippen molar-refractivity contribution in [3.05, 3.63) is 0 Å². The lowest BCUT2D eigenvalue weighted by molar-refractivity contribution is -0.138. The molecule has 3 heteroatoms. The minimum Gasteiger partial charge on any atom is -0.481 e. The molecule has 0 amide bonds. The van der Waals surface area contributed by atoms with Crippen LogP contribution in [0.1, 0.15) is 47.0 Å². The lowest BCUT2D eigenvalue weighted by Crippen LogP contribution is -2.50. The molecule has 1 saturated carbocycles. The number of hydrogen-bond acceptors (Lipinski definition) is 2. The van der Waals surface area contributed by atoms with Crippen LogP contribution in [0.15, 0.2) is 0 Å². The quantitative estimate of drug-likeness (QED) is 0.758. The first-order valence-electron chi connectivity index (χ1n) is 6.43. The van der Waals surface area contributed by atoms with E-state index in [4.69, 9.17) is 5.11 Å². The number of aliphatic carboxylic acids is 1. The summed E-state index contributed by atoms with van der Waals surface area (Å²) in [5, 5.41) is 8.81. The summed E-state index contributed by atoms with van der Waals surface area (Å²) in [5.74, 6) is 0.923. The molecule has 0 heterocycles. The highest BCUT2D eigenvalue weighted by Crippen LogP contribution is 2.37. The highest BCUT2D eigenvalue weighted by atomic mass is 16.4. The molecule has 16 heavy (non-hydrogen) atoms. The second-order valence-electron chi connectivity index (χ2n) is 5.41. The van der Waals surface area contributed by atoms with E-state index >= 15 is 0 Å². The van der Waals surface area contributed by atoms with Crippen molar-refractivity contribution < 1.29 is 9.90 Å². The van der Waals surface area contributed by atoms with E-state index in [9.17, 15) is 4.79 Å². The van der Waals surface area contributed by atoms with Gasteiger partial charge in [-0.25, -0.2) is 0 Å². The lowest BCUT2D eigenvalue weighted by atomic mass is 9.72. The fourth-order valence-corrected chi connectivity index (χ4v) is 2.74. The number of rotatable bonds is 6. The summed E-state index contributed by atoms with van der Waals surface area (Å²) in [4.78, 5) is 13.1. The molecule has 0 spiro atoms. The molecule has 0 aromatic carbocycles. The van der Waals surface area contributed by atoms with Gasteiger partial charge in [-0.2, -0.15) is 0 Å². The van der Waals surface area contributed by atoms with Crippen LogP contribution in [-0.2, 0) is 4.79 Å². The largest absolute Gasteiger partial charge is 0.481 e. The Balaban J connectivity index is 2.41. The third-order valence-electron chi connectivity index (χ3n) is 3.96. The second kappa shape index (κ2) is 5.67. The number of carboxylic acid groups (broad SMARTS) is 1. The Bertz CT molecular complexity index is 234. The van der Waals surface area contributed by atoms with E-state index in [-0.39, 0.29) is 12.5 Å². The molecule has 0 aromatic rings. The Morgan fingerprint density at radius 3 is 2.31 bits per heavy atom. The smallest absolute Gasteiger partial charge is 0.304 e. The minimum absolute atomic E-state index is 0.167. The lowest BCUT2D eigenvalue weighted by Gasteiger charge is -2.46. The average Bonchev–Trinajstić information content (AvgIpc) is 2.07. The first kappa shape index (κ1) is 13.5. The molecule has 0 aliphatic heterocycles. The van der Waals surface area contributed by atoms with Gasteiger partial charge in [-0.3, -0.25) is 9.69 Å². The molecule has 3 nitrogen and oxygen atoms in total. The van der Waals surface area contributed by atoms with Gasteiger partial charge in [0.1, 0.15) is 0 Å². The van der Waals surface area contributed by atoms with Crippen LogP contribution in [0.4, 0.5) is 0 Å². The predicted molar refractivity (Wildman–Crippen MR) is 65.4 cm³/mol. The van der Waals surface area contributed by atoms with E-state index in [2.05, 4.69) is 25.7 Å². The van der Waals surface area contributed by atoms with Gasteiger partial charge in [-0.05, 0) is 38.1 Å². The Morgan fingerprint density at radius 2 is 1.94 bits per heavy atom. The summed E-state index contributed by atoms with van der Waals surface area (Å²) in [5.41, 5.74) is 0. The molecule has 0 aromatic heterocycles. The second-order valence-corrected chi connectivity index (χ2v) is 5.41. The van der Waals surface area contributed by atoms with Crippen LogP contribution in [0.2, 0.25) is 0 Å². The van der Waals surface area contributed by atoms with Crippen molar-refractivity contribution >= 4 is 5.97 Å². The SMILES string of the molecule is CCN(C(C)CC(=O)O)C1CC(C(C)C)C1. The third kappa shape index (κ3) is 3.21. The van der Waals surface area contributed by atoms with Crippen LogP contribution in [0, 0.1) is 11.8 Å². The van der Waals surface area contributed by atoms with Gasteiger partial charge in [-0.1, -0.05) is 20.8 Å². The number of hydrogen-bond donors (Lipinski definition) is 1. The van der Waals surface area contributed by atoms with Crippen LogP contribution >= 0.6 is 0 Å². The molecular formula is C13H25NO2. The minimum atomic E-state index is -0.689. The summed E-state index contributed by atoms with van der Waals surface area (Å²) in [6.45, 7) is 9.67. The molecule has 1 atom stereocenters. The van der Waals surface area contributed by atoms with Crippen molar-refractivity contribution in [2.24, 2.45) is 11.8 Å². The number of nitrogens with zero attached hydrogens (tertiary/aromatic N) is 1. The molecule has 1 fully saturated rings. The molecule has 0 bridgehead atoms. The zero-order valence-corrected chi connectivity index (χ0v) is 10.9. The number of carboxylic acids is 1. The Morgan fingerprint density at radius 1 is 1.38 bits per heavy atom. The third-order valence-corrected chi connectivity index (χ3v) is 3.96. The van der Waals surface area contributed by atoms with E-state index in [1.54, 1.807) is 0 Å². The van der Waals surface area contributed by atoms with Crippen molar-refractivity contribution in [2.75, 3.05) is 6.54 Å². The first-order chi connectivity index (χ1) is 7.45. The van der Waals surface area contributed by atoms with Gasteiger partial charge in [-0.15, -0.1) is 0 Å². The molecule has 1 unspecified atom stereocenters. The van der Waals surface area contributed by atoms with Crippen molar-refractivity contribution in [3.8, 4) is 0 Å². The van der Waals surface area contributed by atoms with Crippen LogP contribution in [0.3, 0.4) is 0 Å². The number of carbonyl (C=O) groups is 1. The van der Waals surface area contributed by atoms with E-state index in [1.165, 1.54) is 12.8 Å². The molecule has 1 aliphatic carbocycles. The highest BCUT2D eigenvalue weighted by Gasteiger charge is 2.36. The van der Waals surface area contributed by atoms with Crippen molar-refractivity contribution in [1.82, 2.24) is 4.90 Å². The first-order valence-corrected chi connectivity index (χ1v) is 6.43. The normalized spacial score (nSPS) is 26.9.